The summed E-state index contributed by atoms with van der Waals surface area (Å²) >= 11 is 0. The Balaban J connectivity index is 2.20. The van der Waals surface area contributed by atoms with Gasteiger partial charge >= 0.3 is 5.69 Å². The second-order valence-corrected chi connectivity index (χ2v) is 6.85. The van der Waals surface area contributed by atoms with Gasteiger partial charge in [0.05, 0.1) is 5.70 Å². The van der Waals surface area contributed by atoms with Crippen LogP contribution in [0.2, 0.25) is 0 Å². The summed E-state index contributed by atoms with van der Waals surface area (Å²) in [5.41, 5.74) is 3.59. The monoisotopic (exact) mass is 353 g/mol. The number of fused-ring (bicyclic) bond motifs is 1. The van der Waals surface area contributed by atoms with E-state index < -0.39 is 11.2 Å². The second kappa shape index (κ2) is 6.44. The number of ketones is 1. The zero-order chi connectivity index (χ0) is 19.2. The van der Waals surface area contributed by atoms with Crippen molar-refractivity contribution in [1.82, 2.24) is 9.13 Å². The molecule has 1 aliphatic rings. The SMILES string of the molecule is CCCn1c2c(c(=O)n(C)c1=O)C(=O)C(=Cc1c(C)cc(C)cc1C)N2. The molecule has 136 valence electrons. The molecule has 0 saturated carbocycles. The number of benzene rings is 1. The van der Waals surface area contributed by atoms with E-state index >= 15 is 0 Å². The van der Waals surface area contributed by atoms with E-state index in [0.717, 1.165) is 33.2 Å². The van der Waals surface area contributed by atoms with Crippen molar-refractivity contribution < 1.29 is 4.79 Å². The quantitative estimate of drug-likeness (QED) is 0.861. The van der Waals surface area contributed by atoms with E-state index in [2.05, 4.69) is 17.4 Å². The molecule has 1 aromatic carbocycles. The number of allylic oxidation sites excluding steroid dienone is 1. The Hall–Kier alpha value is -2.89. The minimum absolute atomic E-state index is 0.0363. The van der Waals surface area contributed by atoms with Crippen LogP contribution in [-0.2, 0) is 13.6 Å². The highest BCUT2D eigenvalue weighted by molar-refractivity contribution is 6.19. The smallest absolute Gasteiger partial charge is 0.332 e. The van der Waals surface area contributed by atoms with Gasteiger partial charge in [0.1, 0.15) is 11.4 Å². The fourth-order valence-corrected chi connectivity index (χ4v) is 3.52. The molecule has 26 heavy (non-hydrogen) atoms. The number of Topliss-reactive ketones (excluding diaryl/α,β-unsaturated/α-hetero) is 1. The van der Waals surface area contributed by atoms with Crippen molar-refractivity contribution in [1.29, 1.82) is 0 Å². The van der Waals surface area contributed by atoms with Gasteiger partial charge in [-0.15, -0.1) is 0 Å². The highest BCUT2D eigenvalue weighted by Crippen LogP contribution is 2.28. The molecule has 0 atom stereocenters. The molecule has 0 aliphatic carbocycles. The maximum Gasteiger partial charge on any atom is 0.332 e. The number of carbonyl (C=O) groups is 1. The van der Waals surface area contributed by atoms with Gasteiger partial charge in [0, 0.05) is 13.6 Å². The van der Waals surface area contributed by atoms with E-state index in [0.29, 0.717) is 18.1 Å². The second-order valence-electron chi connectivity index (χ2n) is 6.85. The Kier molecular flexibility index (Phi) is 4.44. The molecule has 1 aromatic heterocycles. The maximum absolute atomic E-state index is 12.9. The average Bonchev–Trinajstić information content (AvgIpc) is 2.89. The Morgan fingerprint density at radius 1 is 1.08 bits per heavy atom. The number of nitrogens with one attached hydrogen (secondary N) is 1. The third kappa shape index (κ3) is 2.71. The Morgan fingerprint density at radius 2 is 1.69 bits per heavy atom. The van der Waals surface area contributed by atoms with Crippen molar-refractivity contribution in [2.24, 2.45) is 7.05 Å². The molecule has 0 fully saturated rings. The minimum Gasteiger partial charge on any atom is -0.338 e. The number of anilines is 1. The summed E-state index contributed by atoms with van der Waals surface area (Å²) in [6, 6.07) is 4.11. The third-order valence-corrected chi connectivity index (χ3v) is 4.74. The molecule has 1 aliphatic heterocycles. The van der Waals surface area contributed by atoms with Crippen LogP contribution in [0.25, 0.3) is 6.08 Å². The molecule has 6 heteroatoms. The third-order valence-electron chi connectivity index (χ3n) is 4.74. The lowest BCUT2D eigenvalue weighted by Gasteiger charge is -2.12. The lowest BCUT2D eigenvalue weighted by molar-refractivity contribution is 0.104. The van der Waals surface area contributed by atoms with Crippen molar-refractivity contribution in [3.05, 3.63) is 66.5 Å². The van der Waals surface area contributed by atoms with Gasteiger partial charge in [0.25, 0.3) is 5.56 Å². The predicted octanol–water partition coefficient (Wildman–Crippen LogP) is 2.53. The first-order valence-corrected chi connectivity index (χ1v) is 8.71. The Bertz CT molecular complexity index is 1050. The molecule has 2 heterocycles. The molecule has 6 nitrogen and oxygen atoms in total. The van der Waals surface area contributed by atoms with Gasteiger partial charge < -0.3 is 5.32 Å². The Labute approximate surface area is 151 Å². The van der Waals surface area contributed by atoms with Gasteiger partial charge in [-0.2, -0.15) is 0 Å². The molecule has 3 rings (SSSR count). The normalized spacial score (nSPS) is 14.7. The van der Waals surface area contributed by atoms with Crippen LogP contribution in [0.4, 0.5) is 5.82 Å². The number of nitrogens with zero attached hydrogens (tertiary/aromatic N) is 2. The number of hydrogen-bond donors (Lipinski definition) is 1. The van der Waals surface area contributed by atoms with Crippen molar-refractivity contribution in [2.75, 3.05) is 5.32 Å². The topological polar surface area (TPSA) is 73.1 Å². The molecule has 0 unspecified atom stereocenters. The standard InChI is InChI=1S/C20H23N3O3/c1-6-7-23-18-16(19(25)22(5)20(23)26)17(24)15(21-18)10-14-12(3)8-11(2)9-13(14)4/h8-10,21H,6-7H2,1-5H3. The number of aryl methyl sites for hydroxylation is 3. The van der Waals surface area contributed by atoms with E-state index in [4.69, 9.17) is 0 Å². The first-order valence-electron chi connectivity index (χ1n) is 8.71. The summed E-state index contributed by atoms with van der Waals surface area (Å²) in [5.74, 6) is -0.0663. The molecule has 0 saturated heterocycles. The van der Waals surface area contributed by atoms with E-state index in [1.165, 1.54) is 11.6 Å². The van der Waals surface area contributed by atoms with Crippen LogP contribution in [0.3, 0.4) is 0 Å². The largest absolute Gasteiger partial charge is 0.338 e. The summed E-state index contributed by atoms with van der Waals surface area (Å²) in [6.07, 6.45) is 2.49. The number of carbonyl (C=O) groups excluding carboxylic acids is 1. The fraction of sp³-hybridized carbons (Fsp3) is 0.350. The number of aromatic nitrogens is 2. The maximum atomic E-state index is 12.9. The molecule has 0 bridgehead atoms. The molecule has 0 amide bonds. The van der Waals surface area contributed by atoms with E-state index in [1.807, 2.05) is 27.7 Å². The fourth-order valence-electron chi connectivity index (χ4n) is 3.52. The lowest BCUT2D eigenvalue weighted by Crippen LogP contribution is -2.40. The van der Waals surface area contributed by atoms with Gasteiger partial charge in [-0.1, -0.05) is 24.6 Å². The van der Waals surface area contributed by atoms with Crippen LogP contribution >= 0.6 is 0 Å². The molecule has 1 N–H and O–H groups in total. The molecular weight excluding hydrogens is 330 g/mol. The zero-order valence-electron chi connectivity index (χ0n) is 15.8. The summed E-state index contributed by atoms with van der Waals surface area (Å²) in [4.78, 5) is 37.8. The average molecular weight is 353 g/mol. The van der Waals surface area contributed by atoms with Gasteiger partial charge in [0.2, 0.25) is 5.78 Å². The Morgan fingerprint density at radius 3 is 2.27 bits per heavy atom. The molecule has 0 radical (unpaired) electrons. The van der Waals surface area contributed by atoms with Crippen molar-refractivity contribution in [3.63, 3.8) is 0 Å². The summed E-state index contributed by atoms with van der Waals surface area (Å²) in [7, 11) is 1.40. The zero-order valence-corrected chi connectivity index (χ0v) is 15.8. The summed E-state index contributed by atoms with van der Waals surface area (Å²) < 4.78 is 2.46. The van der Waals surface area contributed by atoms with Crippen LogP contribution in [0, 0.1) is 20.8 Å². The van der Waals surface area contributed by atoms with Crippen LogP contribution in [-0.4, -0.2) is 14.9 Å². The van der Waals surface area contributed by atoms with Crippen molar-refractivity contribution >= 4 is 17.7 Å². The summed E-state index contributed by atoms with van der Waals surface area (Å²) in [5, 5.41) is 3.03. The first-order chi connectivity index (χ1) is 12.3. The number of hydrogen-bond acceptors (Lipinski definition) is 4. The van der Waals surface area contributed by atoms with Gasteiger partial charge in [0.15, 0.2) is 0 Å². The van der Waals surface area contributed by atoms with Crippen LogP contribution in [0.1, 0.15) is 46.0 Å². The van der Waals surface area contributed by atoms with Gasteiger partial charge in [-0.05, 0) is 50.0 Å². The van der Waals surface area contributed by atoms with Crippen LogP contribution in [0.15, 0.2) is 27.4 Å². The van der Waals surface area contributed by atoms with Gasteiger partial charge in [-0.25, -0.2) is 4.79 Å². The molecule has 2 aromatic rings. The van der Waals surface area contributed by atoms with Crippen molar-refractivity contribution in [2.45, 2.75) is 40.7 Å². The van der Waals surface area contributed by atoms with Crippen LogP contribution in [0.5, 0.6) is 0 Å². The predicted molar refractivity (Wildman–Crippen MR) is 103 cm³/mol. The van der Waals surface area contributed by atoms with E-state index in [1.54, 1.807) is 6.08 Å². The van der Waals surface area contributed by atoms with Crippen LogP contribution < -0.4 is 16.6 Å². The van der Waals surface area contributed by atoms with Crippen molar-refractivity contribution in [3.8, 4) is 0 Å². The number of rotatable bonds is 3. The van der Waals surface area contributed by atoms with Gasteiger partial charge in [-0.3, -0.25) is 18.7 Å². The van der Waals surface area contributed by atoms with E-state index in [-0.39, 0.29) is 11.3 Å². The lowest BCUT2D eigenvalue weighted by atomic mass is 9.98. The van der Waals surface area contributed by atoms with E-state index in [9.17, 15) is 14.4 Å². The highest BCUT2D eigenvalue weighted by Gasteiger charge is 2.32. The molecular formula is C20H23N3O3. The first kappa shape index (κ1) is 17.9. The minimum atomic E-state index is -0.560. The highest BCUT2D eigenvalue weighted by atomic mass is 16.2. The molecule has 0 spiro atoms. The summed E-state index contributed by atoms with van der Waals surface area (Å²) in [6.45, 7) is 8.39.